The lowest BCUT2D eigenvalue weighted by atomic mass is 9.74. The van der Waals surface area contributed by atoms with Crippen molar-refractivity contribution in [1.29, 1.82) is 0 Å². The first-order valence-corrected chi connectivity index (χ1v) is 8.01. The van der Waals surface area contributed by atoms with Crippen LogP contribution in [0.2, 0.25) is 0 Å². The molecule has 1 aliphatic rings. The largest absolute Gasteiger partial charge is 0.496 e. The Balaban J connectivity index is 2.61. The quantitative estimate of drug-likeness (QED) is 0.669. The van der Waals surface area contributed by atoms with Crippen LogP contribution in [0, 0.1) is 5.92 Å². The van der Waals surface area contributed by atoms with Gasteiger partial charge in [-0.2, -0.15) is 0 Å². The third-order valence-electron chi connectivity index (χ3n) is 4.22. The average Bonchev–Trinajstić information content (AvgIpc) is 2.45. The molecule has 0 N–H and O–H groups in total. The minimum atomic E-state index is 0.259. The predicted octanol–water partition coefficient (Wildman–Crippen LogP) is 5.48. The van der Waals surface area contributed by atoms with Crippen molar-refractivity contribution in [1.82, 2.24) is 0 Å². The van der Waals surface area contributed by atoms with Crippen molar-refractivity contribution in [2.24, 2.45) is 5.92 Å². The van der Waals surface area contributed by atoms with Crippen molar-refractivity contribution >= 4 is 15.9 Å². The summed E-state index contributed by atoms with van der Waals surface area (Å²) in [6, 6.07) is 4.01. The van der Waals surface area contributed by atoms with Crippen LogP contribution in [-0.4, -0.2) is 14.2 Å². The summed E-state index contributed by atoms with van der Waals surface area (Å²) in [5.41, 5.74) is 3.76. The summed E-state index contributed by atoms with van der Waals surface area (Å²) in [4.78, 5) is 0. The van der Waals surface area contributed by atoms with E-state index in [1.165, 1.54) is 11.1 Å². The van der Waals surface area contributed by atoms with Gasteiger partial charge in [-0.15, -0.1) is 0 Å². The van der Waals surface area contributed by atoms with Gasteiger partial charge in [0.25, 0.3) is 0 Å². The van der Waals surface area contributed by atoms with E-state index in [9.17, 15) is 0 Å². The van der Waals surface area contributed by atoms with Crippen molar-refractivity contribution in [2.75, 3.05) is 14.2 Å². The average molecular weight is 351 g/mol. The molecule has 0 bridgehead atoms. The summed E-state index contributed by atoms with van der Waals surface area (Å²) in [6.07, 6.45) is 4.61. The highest BCUT2D eigenvalue weighted by molar-refractivity contribution is 9.10. The van der Waals surface area contributed by atoms with Crippen LogP contribution in [0.3, 0.4) is 0 Å². The number of halogens is 1. The van der Waals surface area contributed by atoms with Gasteiger partial charge in [0.15, 0.2) is 0 Å². The lowest BCUT2D eigenvalue weighted by molar-refractivity contribution is 0.368. The number of allylic oxidation sites excluding steroid dienone is 3. The molecule has 0 aliphatic heterocycles. The van der Waals surface area contributed by atoms with Crippen molar-refractivity contribution < 1.29 is 9.47 Å². The summed E-state index contributed by atoms with van der Waals surface area (Å²) < 4.78 is 12.2. The van der Waals surface area contributed by atoms with Gasteiger partial charge in [-0.1, -0.05) is 39.7 Å². The molecule has 0 saturated heterocycles. The molecule has 0 fully saturated rings. The van der Waals surface area contributed by atoms with E-state index in [4.69, 9.17) is 9.47 Å². The Morgan fingerprint density at radius 3 is 2.29 bits per heavy atom. The van der Waals surface area contributed by atoms with E-state index in [0.717, 1.165) is 34.4 Å². The van der Waals surface area contributed by atoms with E-state index in [1.807, 2.05) is 12.1 Å². The second-order valence-corrected chi connectivity index (χ2v) is 6.67. The summed E-state index contributed by atoms with van der Waals surface area (Å²) in [7, 11) is 3.42. The summed E-state index contributed by atoms with van der Waals surface area (Å²) >= 11 is 3.52. The smallest absolute Gasteiger partial charge is 0.127 e. The molecule has 2 nitrogen and oxygen atoms in total. The Labute approximate surface area is 136 Å². The molecule has 0 saturated carbocycles. The summed E-state index contributed by atoms with van der Waals surface area (Å²) in [5, 5.41) is 0. The van der Waals surface area contributed by atoms with Crippen LogP contribution in [0.4, 0.5) is 0 Å². The number of ether oxygens (including phenoxy) is 2. The molecular weight excluding hydrogens is 328 g/mol. The van der Waals surface area contributed by atoms with Gasteiger partial charge in [0, 0.05) is 16.0 Å². The molecule has 2 unspecified atom stereocenters. The maximum absolute atomic E-state index is 5.62. The second-order valence-electron chi connectivity index (χ2n) is 5.75. The van der Waals surface area contributed by atoms with Crippen LogP contribution in [-0.2, 0) is 0 Å². The minimum Gasteiger partial charge on any atom is -0.496 e. The van der Waals surface area contributed by atoms with Crippen LogP contribution < -0.4 is 9.47 Å². The number of methoxy groups -OCH3 is 2. The van der Waals surface area contributed by atoms with Crippen molar-refractivity contribution in [2.45, 2.75) is 32.6 Å². The molecule has 3 heteroatoms. The third kappa shape index (κ3) is 3.34. The molecular formula is C18H23BrO2. The normalized spacial score (nSPS) is 21.7. The van der Waals surface area contributed by atoms with Crippen LogP contribution in [0.25, 0.3) is 0 Å². The Bertz CT molecular complexity index is 550. The third-order valence-corrected chi connectivity index (χ3v) is 4.68. The molecule has 1 aromatic carbocycles. The molecule has 1 aromatic rings. The Hall–Kier alpha value is -1.22. The zero-order valence-electron chi connectivity index (χ0n) is 13.2. The van der Waals surface area contributed by atoms with E-state index >= 15 is 0 Å². The highest BCUT2D eigenvalue weighted by Gasteiger charge is 2.30. The predicted molar refractivity (Wildman–Crippen MR) is 91.3 cm³/mol. The van der Waals surface area contributed by atoms with Crippen LogP contribution in [0.15, 0.2) is 40.4 Å². The zero-order valence-corrected chi connectivity index (χ0v) is 14.8. The topological polar surface area (TPSA) is 18.5 Å². The van der Waals surface area contributed by atoms with E-state index in [-0.39, 0.29) is 5.92 Å². The first-order valence-electron chi connectivity index (χ1n) is 7.22. The summed E-state index contributed by atoms with van der Waals surface area (Å²) in [6.45, 7) is 8.50. The SMILES string of the molecule is C=C(C)C1CCC(C)=CC1c1c(OC)cc(Br)cc1OC. The lowest BCUT2D eigenvalue weighted by Crippen LogP contribution is -2.18. The molecule has 0 radical (unpaired) electrons. The lowest BCUT2D eigenvalue weighted by Gasteiger charge is -2.32. The molecule has 1 aliphatic carbocycles. The van der Waals surface area contributed by atoms with Gasteiger partial charge in [0.05, 0.1) is 14.2 Å². The van der Waals surface area contributed by atoms with Gasteiger partial charge < -0.3 is 9.47 Å². The number of hydrogen-bond donors (Lipinski definition) is 0. The highest BCUT2D eigenvalue weighted by Crippen LogP contribution is 2.47. The second kappa shape index (κ2) is 6.69. The van der Waals surface area contributed by atoms with E-state index in [1.54, 1.807) is 14.2 Å². The molecule has 0 spiro atoms. The van der Waals surface area contributed by atoms with Gasteiger partial charge in [0.1, 0.15) is 11.5 Å². The standard InChI is InChI=1S/C18H23BrO2/c1-11(2)14-7-6-12(3)8-15(14)18-16(20-4)9-13(19)10-17(18)21-5/h8-10,14-15H,1,6-7H2,2-5H3. The zero-order chi connectivity index (χ0) is 15.6. The molecule has 0 aromatic heterocycles. The fraction of sp³-hybridized carbons (Fsp3) is 0.444. The van der Waals surface area contributed by atoms with E-state index in [2.05, 4.69) is 42.4 Å². The maximum atomic E-state index is 5.62. The Morgan fingerprint density at radius 2 is 1.81 bits per heavy atom. The Kier molecular flexibility index (Phi) is 5.15. The minimum absolute atomic E-state index is 0.259. The van der Waals surface area contributed by atoms with Crippen molar-refractivity contribution in [3.63, 3.8) is 0 Å². The monoisotopic (exact) mass is 350 g/mol. The maximum Gasteiger partial charge on any atom is 0.127 e. The molecule has 21 heavy (non-hydrogen) atoms. The first-order chi connectivity index (χ1) is 9.97. The Morgan fingerprint density at radius 1 is 1.24 bits per heavy atom. The van der Waals surface area contributed by atoms with Gasteiger partial charge in [-0.05, 0) is 44.7 Å². The molecule has 114 valence electrons. The number of hydrogen-bond acceptors (Lipinski definition) is 2. The molecule has 2 atom stereocenters. The first kappa shape index (κ1) is 16.2. The van der Waals surface area contributed by atoms with Gasteiger partial charge in [-0.3, -0.25) is 0 Å². The van der Waals surface area contributed by atoms with Crippen molar-refractivity contribution in [3.8, 4) is 11.5 Å². The van der Waals surface area contributed by atoms with E-state index in [0.29, 0.717) is 5.92 Å². The fourth-order valence-corrected chi connectivity index (χ4v) is 3.56. The number of benzene rings is 1. The van der Waals surface area contributed by atoms with Gasteiger partial charge >= 0.3 is 0 Å². The summed E-state index contributed by atoms with van der Waals surface area (Å²) in [5.74, 6) is 2.42. The fourth-order valence-electron chi connectivity index (χ4n) is 3.14. The molecule has 2 rings (SSSR count). The number of rotatable bonds is 4. The van der Waals surface area contributed by atoms with Gasteiger partial charge in [0.2, 0.25) is 0 Å². The van der Waals surface area contributed by atoms with E-state index < -0.39 is 0 Å². The highest BCUT2D eigenvalue weighted by atomic mass is 79.9. The molecule has 0 heterocycles. The molecule has 0 amide bonds. The van der Waals surface area contributed by atoms with Gasteiger partial charge in [-0.25, -0.2) is 0 Å². The van der Waals surface area contributed by atoms with Crippen LogP contribution in [0.5, 0.6) is 11.5 Å². The van der Waals surface area contributed by atoms with Crippen molar-refractivity contribution in [3.05, 3.63) is 46.0 Å². The van der Waals surface area contributed by atoms with Crippen LogP contribution >= 0.6 is 15.9 Å². The van der Waals surface area contributed by atoms with Crippen LogP contribution in [0.1, 0.15) is 38.2 Å².